The van der Waals surface area contributed by atoms with Crippen LogP contribution in [0.4, 0.5) is 11.4 Å². The minimum absolute atomic E-state index is 0.839. The summed E-state index contributed by atoms with van der Waals surface area (Å²) >= 11 is 0. The topological polar surface area (TPSA) is 27.1 Å². The molecule has 0 amide bonds. The third kappa shape index (κ3) is 4.92. The van der Waals surface area contributed by atoms with Gasteiger partial charge in [-0.3, -0.25) is 0 Å². The van der Waals surface area contributed by atoms with Gasteiger partial charge in [0.25, 0.3) is 0 Å². The van der Waals surface area contributed by atoms with Crippen LogP contribution in [-0.2, 0) is 0 Å². The number of rotatable bonds is 8. The van der Waals surface area contributed by atoms with Crippen LogP contribution < -0.4 is 4.90 Å². The Labute approximate surface area is 304 Å². The van der Waals surface area contributed by atoms with Crippen molar-refractivity contribution in [3.8, 4) is 55.6 Å². The van der Waals surface area contributed by atoms with Gasteiger partial charge in [0.1, 0.15) is 0 Å². The fraction of sp³-hybridized carbons (Fsp3) is 0.0200. The largest absolute Gasteiger partial charge is 0.310 e. The molecule has 0 unspecified atom stereocenters. The molecule has 1 aliphatic rings. The Morgan fingerprint density at radius 1 is 0.519 bits per heavy atom. The molecule has 52 heavy (non-hydrogen) atoms. The fourth-order valence-electron chi connectivity index (χ4n) is 8.23. The molecule has 9 rings (SSSR count). The number of hydrogen-bond acceptors (Lipinski definition) is 2. The summed E-state index contributed by atoms with van der Waals surface area (Å²) in [5.41, 5.74) is 16.5. The lowest BCUT2D eigenvalue weighted by Crippen LogP contribution is -2.16. The summed E-state index contributed by atoms with van der Waals surface area (Å²) in [5.74, 6) is 0. The van der Waals surface area contributed by atoms with Crippen LogP contribution in [0.15, 0.2) is 188 Å². The fourth-order valence-corrected chi connectivity index (χ4v) is 8.23. The van der Waals surface area contributed by atoms with Crippen molar-refractivity contribution in [3.05, 3.63) is 194 Å². The van der Waals surface area contributed by atoms with Crippen molar-refractivity contribution in [2.24, 2.45) is 0 Å². The lowest BCUT2D eigenvalue weighted by atomic mass is 9.82. The minimum atomic E-state index is 0.839. The van der Waals surface area contributed by atoms with E-state index in [0.717, 1.165) is 28.2 Å². The lowest BCUT2D eigenvalue weighted by molar-refractivity contribution is 1.19. The van der Waals surface area contributed by atoms with E-state index in [1.54, 1.807) is 6.08 Å². The number of para-hydroxylation sites is 1. The summed E-state index contributed by atoms with van der Waals surface area (Å²) < 4.78 is 0. The number of benzene rings is 8. The molecule has 0 heterocycles. The molecule has 0 bridgehead atoms. The highest BCUT2D eigenvalue weighted by Gasteiger charge is 2.31. The Bertz CT molecular complexity index is 2630. The molecule has 1 aliphatic carbocycles. The summed E-state index contributed by atoms with van der Waals surface area (Å²) in [5, 5.41) is 12.9. The van der Waals surface area contributed by atoms with E-state index in [2.05, 4.69) is 182 Å². The van der Waals surface area contributed by atoms with Crippen LogP contribution in [0.25, 0.3) is 77.2 Å². The Kier molecular flexibility index (Phi) is 7.71. The molecule has 1 N–H and O–H groups in total. The molecular formula is C50H36N2. The van der Waals surface area contributed by atoms with Crippen molar-refractivity contribution in [2.45, 2.75) is 6.92 Å². The molecule has 0 spiro atoms. The monoisotopic (exact) mass is 664 g/mol. The van der Waals surface area contributed by atoms with Crippen LogP contribution in [0, 0.1) is 12.3 Å². The molecule has 0 atom stereocenters. The molecule has 0 radical (unpaired) electrons. The SMILES string of the molecule is C=C/C(=C\C=N)N(c1cccc(-c2ccc3c4c(cccc24)-c2c-3c(-c3ccccc3)c3ccccc3c2-c2ccccc2)c1)c1ccccc1C. The van der Waals surface area contributed by atoms with E-state index < -0.39 is 0 Å². The van der Waals surface area contributed by atoms with E-state index in [1.807, 2.05) is 6.08 Å². The van der Waals surface area contributed by atoms with Crippen molar-refractivity contribution in [2.75, 3.05) is 4.90 Å². The molecule has 0 aromatic heterocycles. The molecule has 8 aromatic rings. The van der Waals surface area contributed by atoms with Gasteiger partial charge in [-0.15, -0.1) is 0 Å². The second kappa shape index (κ2) is 12.8. The third-order valence-electron chi connectivity index (χ3n) is 10.4. The van der Waals surface area contributed by atoms with Gasteiger partial charge in [0, 0.05) is 23.3 Å². The van der Waals surface area contributed by atoms with Crippen molar-refractivity contribution in [1.29, 1.82) is 5.41 Å². The summed E-state index contributed by atoms with van der Waals surface area (Å²) in [7, 11) is 0. The number of nitrogens with one attached hydrogen (secondary N) is 1. The number of aryl methyl sites for hydroxylation is 1. The first kappa shape index (κ1) is 31.2. The van der Waals surface area contributed by atoms with Gasteiger partial charge in [0.2, 0.25) is 0 Å². The molecule has 2 heteroatoms. The van der Waals surface area contributed by atoms with E-state index in [1.165, 1.54) is 77.8 Å². The Hall–Kier alpha value is -6.77. The van der Waals surface area contributed by atoms with Gasteiger partial charge in [-0.05, 0) is 120 Å². The van der Waals surface area contributed by atoms with Gasteiger partial charge in [-0.25, -0.2) is 0 Å². The second-order valence-electron chi connectivity index (χ2n) is 13.3. The second-order valence-corrected chi connectivity index (χ2v) is 13.3. The molecule has 246 valence electrons. The minimum Gasteiger partial charge on any atom is -0.310 e. The number of allylic oxidation sites excluding steroid dienone is 2. The number of nitrogens with zero attached hydrogens (tertiary/aromatic N) is 1. The van der Waals surface area contributed by atoms with Crippen LogP contribution >= 0.6 is 0 Å². The zero-order valence-corrected chi connectivity index (χ0v) is 29.0. The summed E-state index contributed by atoms with van der Waals surface area (Å²) in [6, 6.07) is 59.2. The maximum atomic E-state index is 7.89. The van der Waals surface area contributed by atoms with Gasteiger partial charge in [-0.2, -0.15) is 0 Å². The summed E-state index contributed by atoms with van der Waals surface area (Å²) in [6.07, 6.45) is 4.93. The standard InChI is InChI=1S/C50H36N2/c1-3-37(30-31-51)52(45-27-13-10-16-33(45)2)38-22-14-21-36(32-38)39-28-29-44-48-40(39)25-15-26-43(48)49-46(34-17-6-4-7-18-34)41-23-11-12-24-42(41)47(50(44)49)35-19-8-5-9-20-35/h3-32,51H,1H2,2H3/b37-30+,51-31?. The number of hydrogen-bond donors (Lipinski definition) is 1. The predicted molar refractivity (Wildman–Crippen MR) is 223 cm³/mol. The van der Waals surface area contributed by atoms with Crippen LogP contribution in [0.2, 0.25) is 0 Å². The van der Waals surface area contributed by atoms with Crippen LogP contribution in [0.1, 0.15) is 5.56 Å². The Balaban J connectivity index is 1.32. The van der Waals surface area contributed by atoms with Crippen molar-refractivity contribution in [3.63, 3.8) is 0 Å². The summed E-state index contributed by atoms with van der Waals surface area (Å²) in [4.78, 5) is 2.19. The van der Waals surface area contributed by atoms with Crippen molar-refractivity contribution in [1.82, 2.24) is 0 Å². The molecule has 2 nitrogen and oxygen atoms in total. The number of fused-ring (bicyclic) bond motifs is 4. The average Bonchev–Trinajstić information content (AvgIpc) is 3.53. The van der Waals surface area contributed by atoms with E-state index in [4.69, 9.17) is 5.41 Å². The molecular weight excluding hydrogens is 629 g/mol. The zero-order chi connectivity index (χ0) is 35.2. The van der Waals surface area contributed by atoms with E-state index >= 15 is 0 Å². The predicted octanol–water partition coefficient (Wildman–Crippen LogP) is 13.8. The Morgan fingerprint density at radius 3 is 1.69 bits per heavy atom. The highest BCUT2D eigenvalue weighted by atomic mass is 15.1. The zero-order valence-electron chi connectivity index (χ0n) is 29.0. The first-order valence-electron chi connectivity index (χ1n) is 17.7. The molecule has 8 aromatic carbocycles. The van der Waals surface area contributed by atoms with Crippen LogP contribution in [0.3, 0.4) is 0 Å². The molecule has 0 saturated carbocycles. The summed E-state index contributed by atoms with van der Waals surface area (Å²) in [6.45, 7) is 6.23. The lowest BCUT2D eigenvalue weighted by Gasteiger charge is -2.28. The van der Waals surface area contributed by atoms with E-state index in [-0.39, 0.29) is 0 Å². The normalized spacial score (nSPS) is 11.8. The van der Waals surface area contributed by atoms with Gasteiger partial charge in [0.05, 0.1) is 0 Å². The maximum Gasteiger partial charge on any atom is 0.0490 e. The average molecular weight is 665 g/mol. The van der Waals surface area contributed by atoms with Crippen LogP contribution in [-0.4, -0.2) is 6.21 Å². The number of anilines is 2. The van der Waals surface area contributed by atoms with E-state index in [0.29, 0.717) is 0 Å². The molecule has 0 fully saturated rings. The first-order chi connectivity index (χ1) is 25.7. The van der Waals surface area contributed by atoms with Crippen molar-refractivity contribution < 1.29 is 0 Å². The van der Waals surface area contributed by atoms with Gasteiger partial charge < -0.3 is 10.3 Å². The molecule has 0 saturated heterocycles. The van der Waals surface area contributed by atoms with Crippen molar-refractivity contribution >= 4 is 39.1 Å². The van der Waals surface area contributed by atoms with Gasteiger partial charge in [0.15, 0.2) is 0 Å². The smallest absolute Gasteiger partial charge is 0.0490 e. The maximum absolute atomic E-state index is 7.89. The third-order valence-corrected chi connectivity index (χ3v) is 10.4. The van der Waals surface area contributed by atoms with Gasteiger partial charge >= 0.3 is 0 Å². The highest BCUT2D eigenvalue weighted by molar-refractivity contribution is 6.28. The highest BCUT2D eigenvalue weighted by Crippen LogP contribution is 2.58. The quantitative estimate of drug-likeness (QED) is 0.127. The first-order valence-corrected chi connectivity index (χ1v) is 17.7. The Morgan fingerprint density at radius 2 is 1.06 bits per heavy atom. The van der Waals surface area contributed by atoms with Gasteiger partial charge in [-0.1, -0.05) is 152 Å². The van der Waals surface area contributed by atoms with Crippen LogP contribution in [0.5, 0.6) is 0 Å². The molecule has 0 aliphatic heterocycles. The van der Waals surface area contributed by atoms with E-state index in [9.17, 15) is 0 Å².